The van der Waals surface area contributed by atoms with Crippen LogP contribution in [-0.4, -0.2) is 48.2 Å². The van der Waals surface area contributed by atoms with Crippen LogP contribution in [0.3, 0.4) is 0 Å². The number of alkyl carbamates (subject to hydrolysis) is 1. The molecule has 9 nitrogen and oxygen atoms in total. The fourth-order valence-corrected chi connectivity index (χ4v) is 5.14. The molecule has 0 spiro atoms. The van der Waals surface area contributed by atoms with Crippen LogP contribution < -0.4 is 10.6 Å². The van der Waals surface area contributed by atoms with Crippen LogP contribution in [0.4, 0.5) is 4.79 Å². The van der Waals surface area contributed by atoms with Gasteiger partial charge in [0.25, 0.3) is 0 Å². The standard InChI is InChI=1S/C33H36N2O7/c1-21(2)16-23(32(38)39)18-34-31(37)29(17-30(36)41-19-22-10-4-3-5-11-22)35-33(40)42-20-28-26-14-8-6-12-24(26)25-13-7-9-15-27(25)28/h3-15,21,23,28-29H,16-20H2,1-2H3,(H,34,37)(H,35,40)(H,38,39)/t23?,29-/m0/s1. The highest BCUT2D eigenvalue weighted by Gasteiger charge is 2.31. The predicted molar refractivity (Wildman–Crippen MR) is 156 cm³/mol. The number of amides is 2. The molecule has 3 aromatic rings. The Labute approximate surface area is 245 Å². The molecule has 3 N–H and O–H groups in total. The van der Waals surface area contributed by atoms with Crippen LogP contribution in [0.15, 0.2) is 78.9 Å². The predicted octanol–water partition coefficient (Wildman–Crippen LogP) is 4.89. The number of hydrogen-bond acceptors (Lipinski definition) is 6. The van der Waals surface area contributed by atoms with Gasteiger partial charge in [0.15, 0.2) is 0 Å². The van der Waals surface area contributed by atoms with Crippen molar-refractivity contribution in [1.82, 2.24) is 10.6 Å². The molecule has 9 heteroatoms. The lowest BCUT2D eigenvalue weighted by Crippen LogP contribution is -2.49. The van der Waals surface area contributed by atoms with E-state index in [-0.39, 0.29) is 31.6 Å². The largest absolute Gasteiger partial charge is 0.481 e. The van der Waals surface area contributed by atoms with Gasteiger partial charge in [0.05, 0.1) is 12.3 Å². The first-order chi connectivity index (χ1) is 20.2. The maximum Gasteiger partial charge on any atom is 0.407 e. The first-order valence-corrected chi connectivity index (χ1v) is 14.0. The van der Waals surface area contributed by atoms with Crippen molar-refractivity contribution >= 4 is 23.9 Å². The first-order valence-electron chi connectivity index (χ1n) is 14.0. The van der Waals surface area contributed by atoms with Crippen molar-refractivity contribution in [2.24, 2.45) is 11.8 Å². The Morgan fingerprint density at radius 3 is 2.02 bits per heavy atom. The number of carboxylic acids is 1. The molecule has 1 aliphatic rings. The number of esters is 1. The van der Waals surface area contributed by atoms with E-state index in [9.17, 15) is 24.3 Å². The van der Waals surface area contributed by atoms with Crippen LogP contribution in [0.1, 0.15) is 49.3 Å². The van der Waals surface area contributed by atoms with E-state index < -0.39 is 42.3 Å². The lowest BCUT2D eigenvalue weighted by Gasteiger charge is -2.21. The first kappa shape index (κ1) is 30.3. The summed E-state index contributed by atoms with van der Waals surface area (Å²) in [7, 11) is 0. The van der Waals surface area contributed by atoms with E-state index in [0.717, 1.165) is 27.8 Å². The third-order valence-corrected chi connectivity index (χ3v) is 7.19. The van der Waals surface area contributed by atoms with Gasteiger partial charge >= 0.3 is 18.0 Å². The molecule has 1 unspecified atom stereocenters. The fourth-order valence-electron chi connectivity index (χ4n) is 5.14. The lowest BCUT2D eigenvalue weighted by atomic mass is 9.97. The summed E-state index contributed by atoms with van der Waals surface area (Å²) >= 11 is 0. The van der Waals surface area contributed by atoms with Crippen LogP contribution in [0.2, 0.25) is 0 Å². The second-order valence-corrected chi connectivity index (χ2v) is 10.8. The molecular formula is C33H36N2O7. The monoisotopic (exact) mass is 572 g/mol. The Morgan fingerprint density at radius 1 is 0.833 bits per heavy atom. The molecule has 42 heavy (non-hydrogen) atoms. The molecule has 0 aliphatic heterocycles. The van der Waals surface area contributed by atoms with Gasteiger partial charge in [-0.1, -0.05) is 92.7 Å². The maximum atomic E-state index is 13.1. The second-order valence-electron chi connectivity index (χ2n) is 10.8. The molecule has 0 fully saturated rings. The quantitative estimate of drug-likeness (QED) is 0.249. The molecule has 4 rings (SSSR count). The summed E-state index contributed by atoms with van der Waals surface area (Å²) in [6.45, 7) is 3.68. The summed E-state index contributed by atoms with van der Waals surface area (Å²) in [5.41, 5.74) is 5.00. The number of benzene rings is 3. The molecule has 3 aromatic carbocycles. The number of hydrogen-bond donors (Lipinski definition) is 3. The van der Waals surface area contributed by atoms with Gasteiger partial charge in [-0.3, -0.25) is 14.4 Å². The Kier molecular flexibility index (Phi) is 10.3. The topological polar surface area (TPSA) is 131 Å². The molecule has 2 amide bonds. The van der Waals surface area contributed by atoms with E-state index in [0.29, 0.717) is 6.42 Å². The van der Waals surface area contributed by atoms with Gasteiger partial charge in [-0.2, -0.15) is 0 Å². The van der Waals surface area contributed by atoms with E-state index in [2.05, 4.69) is 10.6 Å². The van der Waals surface area contributed by atoms with Crippen LogP contribution in [0.5, 0.6) is 0 Å². The van der Waals surface area contributed by atoms with Gasteiger partial charge in [0.1, 0.15) is 19.3 Å². The lowest BCUT2D eigenvalue weighted by molar-refractivity contribution is -0.147. The van der Waals surface area contributed by atoms with Gasteiger partial charge in [-0.25, -0.2) is 4.79 Å². The number of carbonyl (C=O) groups excluding carboxylic acids is 3. The average molecular weight is 573 g/mol. The zero-order valence-electron chi connectivity index (χ0n) is 23.7. The molecule has 0 saturated carbocycles. The third-order valence-electron chi connectivity index (χ3n) is 7.19. The molecular weight excluding hydrogens is 536 g/mol. The second kappa shape index (κ2) is 14.3. The minimum atomic E-state index is -1.32. The molecule has 1 aliphatic carbocycles. The average Bonchev–Trinajstić information content (AvgIpc) is 3.30. The van der Waals surface area contributed by atoms with Crippen LogP contribution >= 0.6 is 0 Å². The fraction of sp³-hybridized carbons (Fsp3) is 0.333. The van der Waals surface area contributed by atoms with E-state index >= 15 is 0 Å². The van der Waals surface area contributed by atoms with E-state index in [4.69, 9.17) is 9.47 Å². The van der Waals surface area contributed by atoms with E-state index in [1.165, 1.54) is 0 Å². The van der Waals surface area contributed by atoms with Crippen molar-refractivity contribution < 1.29 is 33.8 Å². The molecule has 0 aromatic heterocycles. The third kappa shape index (κ3) is 7.96. The Balaban J connectivity index is 1.41. The number of fused-ring (bicyclic) bond motifs is 3. The van der Waals surface area contributed by atoms with Crippen molar-refractivity contribution in [1.29, 1.82) is 0 Å². The van der Waals surface area contributed by atoms with Crippen molar-refractivity contribution in [3.8, 4) is 11.1 Å². The smallest absolute Gasteiger partial charge is 0.407 e. The van der Waals surface area contributed by atoms with Crippen LogP contribution in [0, 0.1) is 11.8 Å². The summed E-state index contributed by atoms with van der Waals surface area (Å²) in [5, 5.41) is 14.6. The number of carbonyl (C=O) groups is 4. The van der Waals surface area contributed by atoms with Gasteiger partial charge < -0.3 is 25.2 Å². The summed E-state index contributed by atoms with van der Waals surface area (Å²) < 4.78 is 10.9. The van der Waals surface area contributed by atoms with Crippen LogP contribution in [-0.2, 0) is 30.5 Å². The SMILES string of the molecule is CC(C)CC(CNC(=O)[C@H](CC(=O)OCc1ccccc1)NC(=O)OCC1c2ccccc2-c2ccccc21)C(=O)O. The summed E-state index contributed by atoms with van der Waals surface area (Å²) in [4.78, 5) is 50.4. The number of ether oxygens (including phenoxy) is 2. The summed E-state index contributed by atoms with van der Waals surface area (Å²) in [6.07, 6.45) is -0.964. The molecule has 0 radical (unpaired) electrons. The van der Waals surface area contributed by atoms with E-state index in [1.807, 2.05) is 80.6 Å². The van der Waals surface area contributed by atoms with Crippen molar-refractivity contribution in [2.75, 3.05) is 13.2 Å². The minimum Gasteiger partial charge on any atom is -0.481 e. The van der Waals surface area contributed by atoms with Gasteiger partial charge in [0.2, 0.25) is 5.91 Å². The molecule has 0 bridgehead atoms. The molecule has 0 heterocycles. The molecule has 0 saturated heterocycles. The van der Waals surface area contributed by atoms with E-state index in [1.54, 1.807) is 12.1 Å². The van der Waals surface area contributed by atoms with Crippen molar-refractivity contribution in [2.45, 2.75) is 45.3 Å². The maximum absolute atomic E-state index is 13.1. The van der Waals surface area contributed by atoms with Crippen molar-refractivity contribution in [3.63, 3.8) is 0 Å². The zero-order valence-corrected chi connectivity index (χ0v) is 23.7. The molecule has 2 atom stereocenters. The highest BCUT2D eigenvalue weighted by molar-refractivity contribution is 5.90. The minimum absolute atomic E-state index is 0.00837. The Morgan fingerprint density at radius 2 is 1.43 bits per heavy atom. The normalized spacial score (nSPS) is 13.4. The number of carboxylic acid groups (broad SMARTS) is 1. The van der Waals surface area contributed by atoms with Gasteiger partial charge in [0, 0.05) is 12.5 Å². The van der Waals surface area contributed by atoms with Crippen molar-refractivity contribution in [3.05, 3.63) is 95.6 Å². The Hall–Kier alpha value is -4.66. The summed E-state index contributed by atoms with van der Waals surface area (Å²) in [6, 6.07) is 23.6. The zero-order chi connectivity index (χ0) is 30.1. The van der Waals surface area contributed by atoms with Gasteiger partial charge in [-0.05, 0) is 40.2 Å². The highest BCUT2D eigenvalue weighted by Crippen LogP contribution is 2.44. The highest BCUT2D eigenvalue weighted by atomic mass is 16.5. The number of aliphatic carboxylic acids is 1. The summed E-state index contributed by atoms with van der Waals surface area (Å²) in [5.74, 6) is -3.32. The number of rotatable bonds is 13. The van der Waals surface area contributed by atoms with Gasteiger partial charge in [-0.15, -0.1) is 0 Å². The molecule has 220 valence electrons. The number of nitrogens with one attached hydrogen (secondary N) is 2. The van der Waals surface area contributed by atoms with Crippen LogP contribution in [0.25, 0.3) is 11.1 Å². The Bertz CT molecular complexity index is 1360.